The first kappa shape index (κ1) is 15.1. The molecule has 1 fully saturated rings. The Morgan fingerprint density at radius 2 is 2.20 bits per heavy atom. The second kappa shape index (κ2) is 5.60. The molecule has 6 heteroatoms. The number of carbonyl (C=O) groups is 2. The number of hydrogen-bond acceptors (Lipinski definition) is 2. The van der Waals surface area contributed by atoms with Gasteiger partial charge in [0.15, 0.2) is 0 Å². The second-order valence-corrected chi connectivity index (χ2v) is 6.45. The number of hydrogen-bond donors (Lipinski definition) is 2. The Labute approximate surface area is 126 Å². The summed E-state index contributed by atoms with van der Waals surface area (Å²) < 4.78 is 2.48. The number of nitrogens with one attached hydrogen (secondary N) is 1. The molecule has 1 aromatic heterocycles. The van der Waals surface area contributed by atoms with Gasteiger partial charge in [0.25, 0.3) is 5.91 Å². The summed E-state index contributed by atoms with van der Waals surface area (Å²) in [6.07, 6.45) is 4.92. The van der Waals surface area contributed by atoms with Gasteiger partial charge in [-0.1, -0.05) is 19.8 Å². The van der Waals surface area contributed by atoms with Crippen molar-refractivity contribution in [1.82, 2.24) is 9.88 Å². The molecular weight excluding hydrogens is 324 g/mol. The molecule has 0 aromatic carbocycles. The van der Waals surface area contributed by atoms with Crippen LogP contribution >= 0.6 is 15.9 Å². The van der Waals surface area contributed by atoms with Crippen molar-refractivity contribution in [1.29, 1.82) is 0 Å². The lowest BCUT2D eigenvalue weighted by molar-refractivity contribution is -0.148. The Balaban J connectivity index is 2.27. The molecule has 2 rings (SSSR count). The third kappa shape index (κ3) is 2.61. The average molecular weight is 343 g/mol. The number of halogens is 1. The van der Waals surface area contributed by atoms with E-state index >= 15 is 0 Å². The smallest absolute Gasteiger partial charge is 0.329 e. The maximum atomic E-state index is 12.4. The van der Waals surface area contributed by atoms with E-state index in [-0.39, 0.29) is 11.8 Å². The molecule has 2 atom stereocenters. The standard InChI is InChI=1S/C14H19BrN2O3/c1-9-5-3-4-6-14(9,13(19)20)16-12(18)11-7-10(15)8-17(11)2/h7-9H,3-6H2,1-2H3,(H,16,18)(H,19,20). The Bertz CT molecular complexity index is 541. The molecule has 2 N–H and O–H groups in total. The Hall–Kier alpha value is -1.30. The predicted molar refractivity (Wildman–Crippen MR) is 78.6 cm³/mol. The van der Waals surface area contributed by atoms with Gasteiger partial charge in [-0.15, -0.1) is 0 Å². The van der Waals surface area contributed by atoms with E-state index in [1.165, 1.54) is 0 Å². The van der Waals surface area contributed by atoms with E-state index in [1.807, 2.05) is 6.92 Å². The van der Waals surface area contributed by atoms with Crippen molar-refractivity contribution in [3.63, 3.8) is 0 Å². The molecule has 1 aromatic rings. The zero-order valence-corrected chi connectivity index (χ0v) is 13.2. The van der Waals surface area contributed by atoms with Crippen LogP contribution in [-0.2, 0) is 11.8 Å². The fourth-order valence-corrected chi connectivity index (χ4v) is 3.44. The van der Waals surface area contributed by atoms with E-state index in [9.17, 15) is 14.7 Å². The molecule has 1 saturated carbocycles. The Morgan fingerprint density at radius 1 is 1.50 bits per heavy atom. The van der Waals surface area contributed by atoms with Crippen molar-refractivity contribution < 1.29 is 14.7 Å². The van der Waals surface area contributed by atoms with Crippen LogP contribution in [0.5, 0.6) is 0 Å². The molecule has 20 heavy (non-hydrogen) atoms. The molecular formula is C14H19BrN2O3. The molecule has 0 bridgehead atoms. The van der Waals surface area contributed by atoms with Gasteiger partial charge in [-0.2, -0.15) is 0 Å². The van der Waals surface area contributed by atoms with Crippen LogP contribution in [0.1, 0.15) is 43.1 Å². The molecule has 0 aliphatic heterocycles. The highest BCUT2D eigenvalue weighted by Crippen LogP contribution is 2.34. The fraction of sp³-hybridized carbons (Fsp3) is 0.571. The summed E-state index contributed by atoms with van der Waals surface area (Å²) in [4.78, 5) is 24.1. The number of carboxylic acids is 1. The lowest BCUT2D eigenvalue weighted by Gasteiger charge is -2.39. The van der Waals surface area contributed by atoms with Crippen molar-refractivity contribution in [2.45, 2.75) is 38.1 Å². The summed E-state index contributed by atoms with van der Waals surface area (Å²) in [5.41, 5.74) is -0.693. The van der Waals surface area contributed by atoms with Gasteiger partial charge in [-0.3, -0.25) is 4.79 Å². The zero-order valence-electron chi connectivity index (χ0n) is 11.6. The Morgan fingerprint density at radius 3 is 2.70 bits per heavy atom. The van der Waals surface area contributed by atoms with Crippen LogP contribution in [0.4, 0.5) is 0 Å². The number of aromatic nitrogens is 1. The quantitative estimate of drug-likeness (QED) is 0.886. The Kier molecular flexibility index (Phi) is 4.22. The monoisotopic (exact) mass is 342 g/mol. The first-order valence-electron chi connectivity index (χ1n) is 6.74. The number of nitrogens with zero attached hydrogens (tertiary/aromatic N) is 1. The topological polar surface area (TPSA) is 71.3 Å². The van der Waals surface area contributed by atoms with Crippen LogP contribution in [0.15, 0.2) is 16.7 Å². The minimum Gasteiger partial charge on any atom is -0.479 e. The molecule has 0 saturated heterocycles. The van der Waals surface area contributed by atoms with Crippen LogP contribution in [0.2, 0.25) is 0 Å². The van der Waals surface area contributed by atoms with Crippen molar-refractivity contribution in [3.8, 4) is 0 Å². The first-order valence-corrected chi connectivity index (χ1v) is 7.54. The molecule has 1 aliphatic rings. The molecule has 5 nitrogen and oxygen atoms in total. The number of carbonyl (C=O) groups excluding carboxylic acids is 1. The second-order valence-electron chi connectivity index (χ2n) is 5.53. The number of carboxylic acid groups (broad SMARTS) is 1. The number of aryl methyl sites for hydroxylation is 1. The summed E-state index contributed by atoms with van der Waals surface area (Å²) in [5, 5.41) is 12.4. The average Bonchev–Trinajstić information content (AvgIpc) is 2.71. The normalized spacial score (nSPS) is 26.2. The molecule has 1 aliphatic carbocycles. The van der Waals surface area contributed by atoms with E-state index in [0.29, 0.717) is 12.1 Å². The molecule has 110 valence electrons. The highest BCUT2D eigenvalue weighted by molar-refractivity contribution is 9.10. The van der Waals surface area contributed by atoms with Crippen molar-refractivity contribution in [2.75, 3.05) is 0 Å². The molecule has 0 radical (unpaired) electrons. The number of amides is 1. The van der Waals surface area contributed by atoms with Gasteiger partial charge < -0.3 is 15.0 Å². The van der Waals surface area contributed by atoms with E-state index < -0.39 is 11.5 Å². The highest BCUT2D eigenvalue weighted by atomic mass is 79.9. The van der Waals surface area contributed by atoms with Gasteiger partial charge >= 0.3 is 5.97 Å². The summed E-state index contributed by atoms with van der Waals surface area (Å²) in [6.45, 7) is 1.90. The third-order valence-electron chi connectivity index (χ3n) is 4.22. The van der Waals surface area contributed by atoms with Crippen LogP contribution < -0.4 is 5.32 Å². The van der Waals surface area contributed by atoms with E-state index in [2.05, 4.69) is 21.2 Å². The van der Waals surface area contributed by atoms with Gasteiger partial charge in [0, 0.05) is 17.7 Å². The van der Waals surface area contributed by atoms with Gasteiger partial charge in [-0.25, -0.2) is 4.79 Å². The summed E-state index contributed by atoms with van der Waals surface area (Å²) in [6, 6.07) is 1.69. The minimum atomic E-state index is -1.15. The van der Waals surface area contributed by atoms with Crippen LogP contribution in [0.25, 0.3) is 0 Å². The maximum absolute atomic E-state index is 12.4. The van der Waals surface area contributed by atoms with Gasteiger partial charge in [0.2, 0.25) is 0 Å². The fourth-order valence-electron chi connectivity index (χ4n) is 2.92. The summed E-state index contributed by atoms with van der Waals surface area (Å²) >= 11 is 3.31. The van der Waals surface area contributed by atoms with Crippen LogP contribution in [-0.4, -0.2) is 27.1 Å². The van der Waals surface area contributed by atoms with Crippen LogP contribution in [0.3, 0.4) is 0 Å². The van der Waals surface area contributed by atoms with Crippen molar-refractivity contribution in [2.24, 2.45) is 13.0 Å². The predicted octanol–water partition coefficient (Wildman–Crippen LogP) is 2.55. The lowest BCUT2D eigenvalue weighted by Crippen LogP contribution is -2.60. The molecule has 1 amide bonds. The van der Waals surface area contributed by atoms with Crippen molar-refractivity contribution in [3.05, 3.63) is 22.4 Å². The zero-order chi connectivity index (χ0) is 14.9. The third-order valence-corrected chi connectivity index (χ3v) is 4.66. The highest BCUT2D eigenvalue weighted by Gasteiger charge is 2.46. The summed E-state index contributed by atoms with van der Waals surface area (Å²) in [5.74, 6) is -1.35. The lowest BCUT2D eigenvalue weighted by atomic mass is 9.73. The molecule has 2 unspecified atom stereocenters. The first-order chi connectivity index (χ1) is 9.36. The van der Waals surface area contributed by atoms with Gasteiger partial charge in [0.05, 0.1) is 0 Å². The van der Waals surface area contributed by atoms with Crippen molar-refractivity contribution >= 4 is 27.8 Å². The van der Waals surface area contributed by atoms with Gasteiger partial charge in [-0.05, 0) is 40.8 Å². The SMILES string of the molecule is CC1CCCCC1(NC(=O)c1cc(Br)cn1C)C(=O)O. The van der Waals surface area contributed by atoms with E-state index in [4.69, 9.17) is 0 Å². The minimum absolute atomic E-state index is 0.0681. The van der Waals surface area contributed by atoms with Gasteiger partial charge in [0.1, 0.15) is 11.2 Å². The number of rotatable bonds is 3. The molecule has 0 spiro atoms. The van der Waals surface area contributed by atoms with E-state index in [0.717, 1.165) is 23.7 Å². The maximum Gasteiger partial charge on any atom is 0.329 e. The van der Waals surface area contributed by atoms with E-state index in [1.54, 1.807) is 23.9 Å². The number of aliphatic carboxylic acids is 1. The van der Waals surface area contributed by atoms with Crippen LogP contribution in [0, 0.1) is 5.92 Å². The largest absolute Gasteiger partial charge is 0.479 e. The molecule has 1 heterocycles. The summed E-state index contributed by atoms with van der Waals surface area (Å²) in [7, 11) is 1.76.